The maximum atomic E-state index is 6.48. The second kappa shape index (κ2) is 14.1. The van der Waals surface area contributed by atoms with Crippen molar-refractivity contribution in [2.75, 3.05) is 0 Å². The first kappa shape index (κ1) is 36.7. The molecule has 53 heavy (non-hydrogen) atoms. The molecule has 2 aliphatic heterocycles. The van der Waals surface area contributed by atoms with Crippen molar-refractivity contribution in [2.45, 2.75) is 161 Å². The van der Waals surface area contributed by atoms with Crippen molar-refractivity contribution in [1.29, 1.82) is 0 Å². The van der Waals surface area contributed by atoms with Gasteiger partial charge < -0.3 is 9.31 Å². The Labute approximate surface area is 320 Å². The van der Waals surface area contributed by atoms with Crippen LogP contribution in [0.5, 0.6) is 0 Å². The Hall–Kier alpha value is -3.28. The first-order valence-electron chi connectivity index (χ1n) is 21.2. The number of fused-ring (bicyclic) bond motifs is 5. The lowest BCUT2D eigenvalue weighted by atomic mass is 9.59. The Morgan fingerprint density at radius 1 is 0.774 bits per heavy atom. The first-order valence-corrected chi connectivity index (χ1v) is 21.2. The minimum Gasteiger partial charge on any atom is -0.399 e. The van der Waals surface area contributed by atoms with E-state index in [-0.39, 0.29) is 23.9 Å². The lowest BCUT2D eigenvalue weighted by Crippen LogP contribution is -2.62. The SMILES string of the molecule is CCCCC1CC2CCC1c1cc3c(cc12)-c1cccc[n+]1C(CC)(CCC[n+]1ccccc1-c1cc(B2OC(C)(C)C(C)(C)O2)ccc1C)C3CC. The van der Waals surface area contributed by atoms with E-state index in [2.05, 4.69) is 144 Å². The monoisotopic (exact) mass is 710 g/mol. The van der Waals surface area contributed by atoms with E-state index in [1.807, 2.05) is 0 Å². The molecule has 5 aliphatic rings. The van der Waals surface area contributed by atoms with Crippen LogP contribution in [0.1, 0.15) is 153 Å². The van der Waals surface area contributed by atoms with E-state index in [0.717, 1.165) is 55.4 Å². The highest BCUT2D eigenvalue weighted by Crippen LogP contribution is 2.57. The summed E-state index contributed by atoms with van der Waals surface area (Å²) in [5, 5.41) is 0. The normalized spacial score (nSPS) is 26.3. The Kier molecular flexibility index (Phi) is 9.76. The smallest absolute Gasteiger partial charge is 0.399 e. The van der Waals surface area contributed by atoms with Gasteiger partial charge in [0.05, 0.1) is 16.8 Å². The number of pyridine rings is 2. The summed E-state index contributed by atoms with van der Waals surface area (Å²) in [5.74, 6) is 2.86. The summed E-state index contributed by atoms with van der Waals surface area (Å²) in [6, 6.07) is 25.7. The molecular formula is C48H63BN2O2+2. The molecule has 278 valence electrons. The van der Waals surface area contributed by atoms with Gasteiger partial charge in [-0.05, 0) is 136 Å². The van der Waals surface area contributed by atoms with Crippen LogP contribution in [-0.2, 0) is 21.4 Å². The Balaban J connectivity index is 1.10. The number of rotatable bonds is 11. The summed E-state index contributed by atoms with van der Waals surface area (Å²) in [5.41, 5.74) is 12.1. The Morgan fingerprint density at radius 2 is 1.53 bits per heavy atom. The maximum Gasteiger partial charge on any atom is 0.494 e. The summed E-state index contributed by atoms with van der Waals surface area (Å²) in [4.78, 5) is 0. The van der Waals surface area contributed by atoms with Crippen LogP contribution in [-0.4, -0.2) is 18.3 Å². The minimum absolute atomic E-state index is 0.0317. The van der Waals surface area contributed by atoms with Crippen LogP contribution in [0.2, 0.25) is 0 Å². The van der Waals surface area contributed by atoms with Gasteiger partial charge in [0, 0.05) is 55.0 Å². The van der Waals surface area contributed by atoms with E-state index in [0.29, 0.717) is 5.92 Å². The zero-order chi connectivity index (χ0) is 37.1. The van der Waals surface area contributed by atoms with Crippen LogP contribution < -0.4 is 14.6 Å². The van der Waals surface area contributed by atoms with Gasteiger partial charge in [-0.15, -0.1) is 0 Å². The van der Waals surface area contributed by atoms with Crippen molar-refractivity contribution < 1.29 is 18.4 Å². The lowest BCUT2D eigenvalue weighted by Gasteiger charge is -2.46. The first-order chi connectivity index (χ1) is 25.5. The van der Waals surface area contributed by atoms with E-state index < -0.39 is 0 Å². The van der Waals surface area contributed by atoms with E-state index in [9.17, 15) is 0 Å². The summed E-state index contributed by atoms with van der Waals surface area (Å²) in [6.45, 7) is 19.0. The summed E-state index contributed by atoms with van der Waals surface area (Å²) in [7, 11) is -0.374. The van der Waals surface area contributed by atoms with Crippen molar-refractivity contribution in [1.82, 2.24) is 0 Å². The number of benzene rings is 2. The van der Waals surface area contributed by atoms with Crippen LogP contribution in [0.25, 0.3) is 22.5 Å². The van der Waals surface area contributed by atoms with Crippen molar-refractivity contribution in [3.8, 4) is 22.5 Å². The second-order valence-corrected chi connectivity index (χ2v) is 18.0. The fourth-order valence-corrected chi connectivity index (χ4v) is 11.1. The van der Waals surface area contributed by atoms with Crippen LogP contribution in [0, 0.1) is 12.8 Å². The van der Waals surface area contributed by atoms with Crippen LogP contribution in [0.3, 0.4) is 0 Å². The van der Waals surface area contributed by atoms with E-state index in [1.165, 1.54) is 66.6 Å². The molecule has 9 rings (SSSR count). The molecule has 0 N–H and O–H groups in total. The molecule has 4 nitrogen and oxygen atoms in total. The molecule has 2 aromatic carbocycles. The highest BCUT2D eigenvalue weighted by molar-refractivity contribution is 6.62. The third kappa shape index (κ3) is 6.13. The van der Waals surface area contributed by atoms with Crippen LogP contribution >= 0.6 is 0 Å². The molecule has 1 saturated carbocycles. The number of hydrogen-bond acceptors (Lipinski definition) is 2. The molecule has 0 spiro atoms. The highest BCUT2D eigenvalue weighted by atomic mass is 16.7. The van der Waals surface area contributed by atoms with Gasteiger partial charge in [-0.3, -0.25) is 0 Å². The fraction of sp³-hybridized carbons (Fsp3) is 0.542. The van der Waals surface area contributed by atoms with Crippen molar-refractivity contribution in [2.24, 2.45) is 5.92 Å². The minimum atomic E-state index is -0.374. The third-order valence-electron chi connectivity index (χ3n) is 14.7. The van der Waals surface area contributed by atoms with Gasteiger partial charge in [0.25, 0.3) is 0 Å². The van der Waals surface area contributed by atoms with E-state index in [1.54, 1.807) is 16.7 Å². The molecule has 3 aliphatic carbocycles. The van der Waals surface area contributed by atoms with Gasteiger partial charge >= 0.3 is 7.12 Å². The number of nitrogens with zero attached hydrogens (tertiary/aromatic N) is 2. The Morgan fingerprint density at radius 3 is 2.26 bits per heavy atom. The van der Waals surface area contributed by atoms with Crippen molar-refractivity contribution >= 4 is 12.6 Å². The largest absolute Gasteiger partial charge is 0.494 e. The molecule has 4 aromatic rings. The van der Waals surface area contributed by atoms with Crippen LogP contribution in [0.15, 0.2) is 79.1 Å². The molecular weight excluding hydrogens is 647 g/mol. The fourth-order valence-electron chi connectivity index (χ4n) is 11.1. The zero-order valence-corrected chi connectivity index (χ0v) is 33.9. The molecule has 0 amide bonds. The summed E-state index contributed by atoms with van der Waals surface area (Å²) >= 11 is 0. The predicted octanol–water partition coefficient (Wildman–Crippen LogP) is 10.5. The number of hydrogen-bond donors (Lipinski definition) is 0. The molecule has 4 heterocycles. The second-order valence-electron chi connectivity index (χ2n) is 18.0. The topological polar surface area (TPSA) is 26.2 Å². The molecule has 2 bridgehead atoms. The molecule has 1 saturated heterocycles. The number of unbranched alkanes of at least 4 members (excludes halogenated alkanes) is 1. The molecule has 2 fully saturated rings. The molecule has 5 unspecified atom stereocenters. The summed E-state index contributed by atoms with van der Waals surface area (Å²) in [6.07, 6.45) is 17.5. The molecule has 5 heteroatoms. The van der Waals surface area contributed by atoms with Gasteiger partial charge in [-0.1, -0.05) is 51.8 Å². The molecule has 2 aromatic heterocycles. The van der Waals surface area contributed by atoms with Crippen LogP contribution in [0.4, 0.5) is 0 Å². The maximum absolute atomic E-state index is 6.48. The van der Waals surface area contributed by atoms with Gasteiger partial charge in [-0.25, -0.2) is 0 Å². The van der Waals surface area contributed by atoms with Crippen molar-refractivity contribution in [3.63, 3.8) is 0 Å². The van der Waals surface area contributed by atoms with E-state index >= 15 is 0 Å². The standard InChI is InChI=1S/C48H63BN2O2/c1-9-12-18-34-29-35-22-24-37(34)40-32-41-42(31-39(35)40)45-20-14-16-28-51(45)48(11-3,43(41)10-2)25-17-27-50-26-15-13-19-44(50)38-30-36(23-21-33(38)4)49-52-46(5,6)47(7,8)53-49/h13-16,19-21,23,26,28,30-32,34-35,37,43H,9-12,17-18,22,24-25,27,29H2,1-8H3/q+2. The highest BCUT2D eigenvalue weighted by Gasteiger charge is 2.53. The number of aromatic nitrogens is 2. The van der Waals surface area contributed by atoms with Gasteiger partial charge in [0.15, 0.2) is 17.9 Å². The average Bonchev–Trinajstić information content (AvgIpc) is 3.39. The lowest BCUT2D eigenvalue weighted by molar-refractivity contribution is -0.765. The Bertz CT molecular complexity index is 1970. The quantitative estimate of drug-likeness (QED) is 0.114. The predicted molar refractivity (Wildman–Crippen MR) is 217 cm³/mol. The van der Waals surface area contributed by atoms with Gasteiger partial charge in [0.1, 0.15) is 6.54 Å². The summed E-state index contributed by atoms with van der Waals surface area (Å²) < 4.78 is 18.2. The van der Waals surface area contributed by atoms with Crippen molar-refractivity contribution in [3.05, 3.63) is 101 Å². The molecule has 0 radical (unpaired) electrons. The number of aryl methyl sites for hydroxylation is 2. The third-order valence-corrected chi connectivity index (χ3v) is 14.7. The molecule has 5 atom stereocenters. The van der Waals surface area contributed by atoms with E-state index in [4.69, 9.17) is 9.31 Å². The zero-order valence-electron chi connectivity index (χ0n) is 33.9. The van der Waals surface area contributed by atoms with Gasteiger partial charge in [-0.2, -0.15) is 9.13 Å². The average molecular weight is 711 g/mol. The van der Waals surface area contributed by atoms with Gasteiger partial charge in [0.2, 0.25) is 11.4 Å².